The van der Waals surface area contributed by atoms with Crippen molar-refractivity contribution in [1.82, 2.24) is 14.8 Å². The number of nitrogens with zero attached hydrogens (tertiary/aromatic N) is 3. The third-order valence-corrected chi connectivity index (χ3v) is 3.41. The highest BCUT2D eigenvalue weighted by Crippen LogP contribution is 2.33. The van der Waals surface area contributed by atoms with Gasteiger partial charge >= 0.3 is 0 Å². The zero-order chi connectivity index (χ0) is 15.6. The van der Waals surface area contributed by atoms with Gasteiger partial charge in [-0.1, -0.05) is 6.92 Å². The Hall–Kier alpha value is -2.35. The summed E-state index contributed by atoms with van der Waals surface area (Å²) in [5.74, 6) is -3.59. The molecule has 1 aromatic carbocycles. The molecule has 0 saturated carbocycles. The molecule has 0 spiro atoms. The Morgan fingerprint density at radius 1 is 1.52 bits per heavy atom. The fourth-order valence-electron chi connectivity index (χ4n) is 2.08. The van der Waals surface area contributed by atoms with Crippen LogP contribution in [0.2, 0.25) is 0 Å². The molecule has 1 amide bonds. The molecule has 0 aliphatic rings. The quantitative estimate of drug-likeness (QED) is 0.843. The number of benzene rings is 1. The predicted octanol–water partition coefficient (Wildman–Crippen LogP) is 0.565. The summed E-state index contributed by atoms with van der Waals surface area (Å²) in [6, 6.07) is 2.64. The number of nitrogens with two attached hydrogens (primary N) is 1. The maximum Gasteiger partial charge on any atom is 0.223 e. The van der Waals surface area contributed by atoms with Crippen LogP contribution in [-0.2, 0) is 16.9 Å². The van der Waals surface area contributed by atoms with Crippen LogP contribution in [0.15, 0.2) is 30.9 Å². The van der Waals surface area contributed by atoms with Gasteiger partial charge in [0.05, 0.1) is 12.5 Å². The minimum atomic E-state index is -2.05. The van der Waals surface area contributed by atoms with E-state index >= 15 is 0 Å². The number of aliphatic hydroxyl groups is 1. The van der Waals surface area contributed by atoms with Gasteiger partial charge in [0.2, 0.25) is 5.91 Å². The number of aromatic nitrogens is 3. The van der Waals surface area contributed by atoms with E-state index in [1.165, 1.54) is 24.3 Å². The van der Waals surface area contributed by atoms with E-state index in [0.29, 0.717) is 0 Å². The molecule has 0 aliphatic carbocycles. The van der Waals surface area contributed by atoms with Gasteiger partial charge in [0.1, 0.15) is 29.9 Å². The Balaban J connectivity index is 2.54. The van der Waals surface area contributed by atoms with Gasteiger partial charge in [-0.2, -0.15) is 5.10 Å². The van der Waals surface area contributed by atoms with Gasteiger partial charge in [-0.3, -0.25) is 4.79 Å². The first kappa shape index (κ1) is 15.0. The van der Waals surface area contributed by atoms with Gasteiger partial charge in [0, 0.05) is 5.56 Å². The Labute approximate surface area is 119 Å². The summed E-state index contributed by atoms with van der Waals surface area (Å²) in [6.07, 6.45) is 2.51. The van der Waals surface area contributed by atoms with Crippen LogP contribution in [0.5, 0.6) is 0 Å². The zero-order valence-electron chi connectivity index (χ0n) is 11.2. The summed E-state index contributed by atoms with van der Waals surface area (Å²) in [7, 11) is 0. The lowest BCUT2D eigenvalue weighted by atomic mass is 9.81. The van der Waals surface area contributed by atoms with Gasteiger partial charge in [-0.05, 0) is 18.2 Å². The second kappa shape index (κ2) is 5.57. The van der Waals surface area contributed by atoms with Crippen molar-refractivity contribution in [2.45, 2.75) is 19.1 Å². The maximum absolute atomic E-state index is 14.0. The van der Waals surface area contributed by atoms with Crippen LogP contribution in [-0.4, -0.2) is 25.8 Å². The predicted molar refractivity (Wildman–Crippen MR) is 68.6 cm³/mol. The smallest absolute Gasteiger partial charge is 0.223 e. The minimum Gasteiger partial charge on any atom is -0.382 e. The van der Waals surface area contributed by atoms with Crippen LogP contribution in [0, 0.1) is 17.6 Å². The summed E-state index contributed by atoms with van der Waals surface area (Å²) in [4.78, 5) is 15.1. The minimum absolute atomic E-state index is 0.294. The van der Waals surface area contributed by atoms with Gasteiger partial charge in [0.25, 0.3) is 0 Å². The van der Waals surface area contributed by atoms with E-state index in [4.69, 9.17) is 5.73 Å². The van der Waals surface area contributed by atoms with Crippen molar-refractivity contribution in [2.75, 3.05) is 0 Å². The third kappa shape index (κ3) is 2.89. The molecule has 112 valence electrons. The lowest BCUT2D eigenvalue weighted by molar-refractivity contribution is -0.133. The Morgan fingerprint density at radius 3 is 2.81 bits per heavy atom. The van der Waals surface area contributed by atoms with E-state index in [-0.39, 0.29) is 12.1 Å². The molecule has 2 rings (SSSR count). The van der Waals surface area contributed by atoms with E-state index in [9.17, 15) is 18.7 Å². The van der Waals surface area contributed by atoms with Gasteiger partial charge in [-0.25, -0.2) is 18.4 Å². The van der Waals surface area contributed by atoms with E-state index in [0.717, 1.165) is 18.2 Å². The largest absolute Gasteiger partial charge is 0.382 e. The molecule has 0 fully saturated rings. The van der Waals surface area contributed by atoms with Crippen LogP contribution in [0.3, 0.4) is 0 Å². The number of carbonyl (C=O) groups excluding carboxylic acids is 1. The number of rotatable bonds is 5. The fourth-order valence-corrected chi connectivity index (χ4v) is 2.08. The van der Waals surface area contributed by atoms with Gasteiger partial charge < -0.3 is 10.8 Å². The Bertz CT molecular complexity index is 648. The molecule has 2 atom stereocenters. The summed E-state index contributed by atoms with van der Waals surface area (Å²) in [5, 5.41) is 14.6. The van der Waals surface area contributed by atoms with Gasteiger partial charge in [-0.15, -0.1) is 0 Å². The molecule has 21 heavy (non-hydrogen) atoms. The number of carbonyl (C=O) groups is 1. The van der Waals surface area contributed by atoms with Crippen molar-refractivity contribution in [3.63, 3.8) is 0 Å². The molecule has 1 aromatic heterocycles. The van der Waals surface area contributed by atoms with E-state index in [2.05, 4.69) is 10.1 Å². The summed E-state index contributed by atoms with van der Waals surface area (Å²) in [5.41, 5.74) is 2.81. The van der Waals surface area contributed by atoms with Gasteiger partial charge in [0.15, 0.2) is 0 Å². The molecule has 0 aliphatic heterocycles. The number of hydrogen-bond acceptors (Lipinski definition) is 4. The van der Waals surface area contributed by atoms with Crippen molar-refractivity contribution < 1.29 is 18.7 Å². The first-order valence-corrected chi connectivity index (χ1v) is 6.14. The van der Waals surface area contributed by atoms with E-state index < -0.39 is 29.1 Å². The highest BCUT2D eigenvalue weighted by molar-refractivity contribution is 5.77. The molecule has 0 bridgehead atoms. The molecular weight excluding hydrogens is 282 g/mol. The highest BCUT2D eigenvalue weighted by Gasteiger charge is 2.42. The topological polar surface area (TPSA) is 94.0 Å². The van der Waals surface area contributed by atoms with Crippen LogP contribution in [0.1, 0.15) is 12.5 Å². The Morgan fingerprint density at radius 2 is 2.24 bits per heavy atom. The second-order valence-corrected chi connectivity index (χ2v) is 4.77. The lowest BCUT2D eigenvalue weighted by Gasteiger charge is -2.33. The molecule has 0 saturated heterocycles. The lowest BCUT2D eigenvalue weighted by Crippen LogP contribution is -2.45. The van der Waals surface area contributed by atoms with Crippen molar-refractivity contribution in [2.24, 2.45) is 11.7 Å². The fraction of sp³-hybridized carbons (Fsp3) is 0.308. The van der Waals surface area contributed by atoms with Crippen LogP contribution in [0.25, 0.3) is 0 Å². The maximum atomic E-state index is 14.0. The number of halogens is 2. The normalized spacial score (nSPS) is 15.4. The van der Waals surface area contributed by atoms with E-state index in [1.54, 1.807) is 0 Å². The molecule has 8 heteroatoms. The molecule has 1 heterocycles. The van der Waals surface area contributed by atoms with Crippen LogP contribution < -0.4 is 5.73 Å². The molecular formula is C13H14F2N4O2. The third-order valence-electron chi connectivity index (χ3n) is 3.41. The second-order valence-electron chi connectivity index (χ2n) is 4.77. The monoisotopic (exact) mass is 296 g/mol. The summed E-state index contributed by atoms with van der Waals surface area (Å²) < 4.78 is 28.6. The molecule has 3 N–H and O–H groups in total. The van der Waals surface area contributed by atoms with Crippen molar-refractivity contribution in [3.8, 4) is 0 Å². The number of amides is 1. The molecule has 2 aromatic rings. The van der Waals surface area contributed by atoms with Crippen molar-refractivity contribution in [1.29, 1.82) is 0 Å². The standard InChI is InChI=1S/C13H14F2N4O2/c1-8(12(16)20)13(21,5-19-7-17-6-18-19)10-4-9(14)2-3-11(10)15/h2-4,6-8,21H,5H2,1H3,(H2,16,20)/t8-,13-/m0/s1. The summed E-state index contributed by atoms with van der Waals surface area (Å²) in [6.45, 7) is 1.04. The number of primary amides is 1. The number of hydrogen-bond donors (Lipinski definition) is 2. The Kier molecular flexibility index (Phi) is 3.99. The average Bonchev–Trinajstić information content (AvgIpc) is 2.93. The molecule has 0 unspecified atom stereocenters. The summed E-state index contributed by atoms with van der Waals surface area (Å²) >= 11 is 0. The van der Waals surface area contributed by atoms with Crippen LogP contribution >= 0.6 is 0 Å². The average molecular weight is 296 g/mol. The van der Waals surface area contributed by atoms with E-state index in [1.807, 2.05) is 0 Å². The first-order valence-electron chi connectivity index (χ1n) is 6.14. The molecule has 0 radical (unpaired) electrons. The van der Waals surface area contributed by atoms with Crippen molar-refractivity contribution in [3.05, 3.63) is 48.1 Å². The first-order chi connectivity index (χ1) is 9.84. The highest BCUT2D eigenvalue weighted by atomic mass is 19.1. The van der Waals surface area contributed by atoms with Crippen molar-refractivity contribution >= 4 is 5.91 Å². The SMILES string of the molecule is C[C@@H](C(N)=O)[C@@](O)(Cn1cncn1)c1cc(F)ccc1F. The molecule has 6 nitrogen and oxygen atoms in total. The van der Waals surface area contributed by atoms with Crippen LogP contribution in [0.4, 0.5) is 8.78 Å². The zero-order valence-corrected chi connectivity index (χ0v) is 11.2.